The van der Waals surface area contributed by atoms with E-state index >= 15 is 0 Å². The number of hydrogen-bond donors (Lipinski definition) is 3. The molecule has 1 aliphatic rings. The topological polar surface area (TPSA) is 143 Å². The second-order valence-corrected chi connectivity index (χ2v) is 9.17. The van der Waals surface area contributed by atoms with E-state index in [0.717, 1.165) is 17.5 Å². The summed E-state index contributed by atoms with van der Waals surface area (Å²) < 4.78 is 5.09. The lowest BCUT2D eigenvalue weighted by Crippen LogP contribution is -2.50. The van der Waals surface area contributed by atoms with E-state index < -0.39 is 18.2 Å². The lowest BCUT2D eigenvalue weighted by Gasteiger charge is -2.28. The molecule has 10 nitrogen and oxygen atoms in total. The first-order valence-corrected chi connectivity index (χ1v) is 12.8. The summed E-state index contributed by atoms with van der Waals surface area (Å²) in [6, 6.07) is 17.4. The van der Waals surface area contributed by atoms with Crippen molar-refractivity contribution in [2.75, 3.05) is 13.1 Å². The molecule has 0 radical (unpaired) electrons. The zero-order valence-corrected chi connectivity index (χ0v) is 21.5. The predicted molar refractivity (Wildman–Crippen MR) is 143 cm³/mol. The maximum absolute atomic E-state index is 13.1. The summed E-state index contributed by atoms with van der Waals surface area (Å²) in [6.07, 6.45) is 2.03. The molecule has 2 aromatic rings. The number of nitrogens with two attached hydrogens (primary N) is 1. The summed E-state index contributed by atoms with van der Waals surface area (Å²) >= 11 is 0. The van der Waals surface area contributed by atoms with Crippen LogP contribution in [0.15, 0.2) is 65.7 Å². The maximum atomic E-state index is 13.1. The molecule has 3 rings (SSSR count). The summed E-state index contributed by atoms with van der Waals surface area (Å²) in [5, 5.41) is 5.10. The van der Waals surface area contributed by atoms with Gasteiger partial charge in [0.2, 0.25) is 11.8 Å². The van der Waals surface area contributed by atoms with Crippen molar-refractivity contribution >= 4 is 30.2 Å². The lowest BCUT2D eigenvalue weighted by atomic mass is 9.99. The van der Waals surface area contributed by atoms with E-state index in [0.29, 0.717) is 32.1 Å². The zero-order chi connectivity index (χ0) is 27.3. The Hall–Kier alpha value is -4.21. The number of alkyl carbamates (subject to hydrolysis) is 1. The molecule has 3 amide bonds. The number of carbonyl (C=O) groups excluding carboxylic acids is 4. The van der Waals surface area contributed by atoms with E-state index in [2.05, 4.69) is 15.6 Å². The summed E-state index contributed by atoms with van der Waals surface area (Å²) in [4.78, 5) is 55.2. The highest BCUT2D eigenvalue weighted by Crippen LogP contribution is 2.25. The van der Waals surface area contributed by atoms with Crippen molar-refractivity contribution in [2.45, 2.75) is 57.2 Å². The first kappa shape index (κ1) is 28.4. The van der Waals surface area contributed by atoms with Gasteiger partial charge in [-0.05, 0) is 43.7 Å². The van der Waals surface area contributed by atoms with Crippen molar-refractivity contribution in [1.29, 1.82) is 0 Å². The summed E-state index contributed by atoms with van der Waals surface area (Å²) in [5.41, 5.74) is 7.47. The van der Waals surface area contributed by atoms with E-state index in [9.17, 15) is 19.2 Å². The van der Waals surface area contributed by atoms with Gasteiger partial charge in [-0.15, -0.1) is 0 Å². The van der Waals surface area contributed by atoms with Crippen LogP contribution in [0.3, 0.4) is 0 Å². The minimum atomic E-state index is -0.717. The molecule has 202 valence electrons. The molecule has 0 spiro atoms. The number of nitrogens with zero attached hydrogens (tertiary/aromatic N) is 2. The van der Waals surface area contributed by atoms with Crippen LogP contribution in [0, 0.1) is 0 Å². The van der Waals surface area contributed by atoms with Crippen molar-refractivity contribution in [2.24, 2.45) is 10.7 Å². The van der Waals surface area contributed by atoms with Crippen molar-refractivity contribution in [3.05, 3.63) is 71.8 Å². The van der Waals surface area contributed by atoms with Crippen LogP contribution in [0.25, 0.3) is 0 Å². The molecule has 1 aliphatic heterocycles. The Morgan fingerprint density at radius 1 is 1.13 bits per heavy atom. The highest BCUT2D eigenvalue weighted by atomic mass is 16.5. The predicted octanol–water partition coefficient (Wildman–Crippen LogP) is 2.49. The standard InChI is InChI=1S/C28H35N5O5/c1-20(22-12-6-3-7-13-22)26(36)33-17-9-15-24(33)25(35)31-23(18-34)14-8-16-30-27(29)32-28(37)38-19-21-10-4-2-5-11-21/h2-7,10-13,18,20,23-24H,8-9,14-17,19H2,1H3,(H,31,35)(H3,29,30,32,37)/t20-,23+,24+/m1/s1. The molecule has 38 heavy (non-hydrogen) atoms. The number of rotatable bonds is 11. The fourth-order valence-electron chi connectivity index (χ4n) is 4.30. The largest absolute Gasteiger partial charge is 0.444 e. The molecule has 0 aliphatic carbocycles. The quantitative estimate of drug-likeness (QED) is 0.179. The highest BCUT2D eigenvalue weighted by molar-refractivity contribution is 5.93. The van der Waals surface area contributed by atoms with E-state index in [1.54, 1.807) is 4.90 Å². The minimum Gasteiger partial charge on any atom is -0.444 e. The Morgan fingerprint density at radius 2 is 1.82 bits per heavy atom. The molecule has 4 N–H and O–H groups in total. The average molecular weight is 522 g/mol. The Kier molecular flexibility index (Phi) is 10.8. The average Bonchev–Trinajstić information content (AvgIpc) is 3.44. The Morgan fingerprint density at radius 3 is 2.50 bits per heavy atom. The maximum Gasteiger partial charge on any atom is 0.414 e. The van der Waals surface area contributed by atoms with Gasteiger partial charge in [-0.2, -0.15) is 0 Å². The second kappa shape index (κ2) is 14.5. The lowest BCUT2D eigenvalue weighted by molar-refractivity contribution is -0.139. The fourth-order valence-corrected chi connectivity index (χ4v) is 4.30. The van der Waals surface area contributed by atoms with Crippen LogP contribution in [0.2, 0.25) is 0 Å². The van der Waals surface area contributed by atoms with Crippen LogP contribution in [0.4, 0.5) is 4.79 Å². The van der Waals surface area contributed by atoms with Gasteiger partial charge < -0.3 is 25.5 Å². The van der Waals surface area contributed by atoms with Gasteiger partial charge in [0.05, 0.1) is 12.0 Å². The summed E-state index contributed by atoms with van der Waals surface area (Å²) in [7, 11) is 0. The first-order chi connectivity index (χ1) is 18.4. The molecule has 2 aromatic carbocycles. The van der Waals surface area contributed by atoms with Crippen LogP contribution in [0.5, 0.6) is 0 Å². The van der Waals surface area contributed by atoms with Gasteiger partial charge in [-0.3, -0.25) is 19.9 Å². The van der Waals surface area contributed by atoms with Crippen LogP contribution < -0.4 is 16.4 Å². The number of aliphatic imine (C=N–C) groups is 1. The number of benzene rings is 2. The Labute approximate surface area is 222 Å². The molecule has 1 saturated heterocycles. The van der Waals surface area contributed by atoms with Crippen LogP contribution in [0.1, 0.15) is 49.7 Å². The molecular weight excluding hydrogens is 486 g/mol. The van der Waals surface area contributed by atoms with E-state index in [4.69, 9.17) is 10.5 Å². The normalized spacial score (nSPS) is 16.8. The zero-order valence-electron chi connectivity index (χ0n) is 21.5. The monoisotopic (exact) mass is 521 g/mol. The van der Waals surface area contributed by atoms with Crippen molar-refractivity contribution in [3.8, 4) is 0 Å². The molecule has 0 aromatic heterocycles. The fraction of sp³-hybridized carbons (Fsp3) is 0.393. The molecule has 0 unspecified atom stereocenters. The summed E-state index contributed by atoms with van der Waals surface area (Å²) in [6.45, 7) is 2.70. The van der Waals surface area contributed by atoms with Crippen molar-refractivity contribution < 1.29 is 23.9 Å². The van der Waals surface area contributed by atoms with E-state index in [-0.39, 0.29) is 36.8 Å². The first-order valence-electron chi connectivity index (χ1n) is 12.8. The number of carbonyl (C=O) groups is 4. The van der Waals surface area contributed by atoms with E-state index in [1.807, 2.05) is 67.6 Å². The third-order valence-corrected chi connectivity index (χ3v) is 6.40. The number of hydrogen-bond acceptors (Lipinski definition) is 6. The van der Waals surface area contributed by atoms with Crippen LogP contribution in [-0.2, 0) is 25.7 Å². The highest BCUT2D eigenvalue weighted by Gasteiger charge is 2.36. The van der Waals surface area contributed by atoms with Gasteiger partial charge in [0.1, 0.15) is 18.9 Å². The number of likely N-dealkylation sites (tertiary alicyclic amines) is 1. The van der Waals surface area contributed by atoms with Gasteiger partial charge in [-0.1, -0.05) is 60.7 Å². The number of nitrogens with one attached hydrogen (secondary N) is 2. The van der Waals surface area contributed by atoms with Crippen LogP contribution >= 0.6 is 0 Å². The molecule has 1 fully saturated rings. The van der Waals surface area contributed by atoms with Gasteiger partial charge in [-0.25, -0.2) is 4.79 Å². The molecule has 3 atom stereocenters. The van der Waals surface area contributed by atoms with Gasteiger partial charge >= 0.3 is 6.09 Å². The van der Waals surface area contributed by atoms with Gasteiger partial charge in [0, 0.05) is 13.1 Å². The molecular formula is C28H35N5O5. The third-order valence-electron chi connectivity index (χ3n) is 6.40. The minimum absolute atomic E-state index is 0.0950. The molecule has 0 saturated carbocycles. The van der Waals surface area contributed by atoms with Gasteiger partial charge in [0.15, 0.2) is 5.96 Å². The third kappa shape index (κ3) is 8.43. The molecule has 0 bridgehead atoms. The second-order valence-electron chi connectivity index (χ2n) is 9.17. The smallest absolute Gasteiger partial charge is 0.414 e. The van der Waals surface area contributed by atoms with Crippen LogP contribution in [-0.4, -0.2) is 60.2 Å². The Balaban J connectivity index is 1.41. The summed E-state index contributed by atoms with van der Waals surface area (Å²) in [5.74, 6) is -0.892. The number of ether oxygens (including phenoxy) is 1. The Bertz CT molecular complexity index is 1110. The van der Waals surface area contributed by atoms with Crippen molar-refractivity contribution in [3.63, 3.8) is 0 Å². The molecule has 10 heteroatoms. The molecule has 1 heterocycles. The number of guanidine groups is 1. The van der Waals surface area contributed by atoms with E-state index in [1.165, 1.54) is 0 Å². The SMILES string of the molecule is C[C@@H](C(=O)N1CCC[C@H]1C(=O)N[C@H](C=O)CCCN=C(N)NC(=O)OCc1ccccc1)c1ccccc1. The number of amides is 3. The van der Waals surface area contributed by atoms with Crippen molar-refractivity contribution in [1.82, 2.24) is 15.5 Å². The van der Waals surface area contributed by atoms with Gasteiger partial charge in [0.25, 0.3) is 0 Å². The number of aldehydes is 1.